The van der Waals surface area contributed by atoms with Crippen molar-refractivity contribution in [2.75, 3.05) is 59.7 Å². The van der Waals surface area contributed by atoms with E-state index in [0.29, 0.717) is 19.8 Å². The zero-order valence-corrected chi connectivity index (χ0v) is 10.2. The summed E-state index contributed by atoms with van der Waals surface area (Å²) in [4.78, 5) is 2.39. The molecular weight excluding hydrogens is 208 g/mol. The number of rotatable bonds is 8. The summed E-state index contributed by atoms with van der Waals surface area (Å²) in [5, 5.41) is 0. The Balaban J connectivity index is 1.95. The van der Waals surface area contributed by atoms with Crippen molar-refractivity contribution in [2.24, 2.45) is 5.73 Å². The maximum absolute atomic E-state index is 5.58. The van der Waals surface area contributed by atoms with Gasteiger partial charge in [0.1, 0.15) is 0 Å². The lowest BCUT2D eigenvalue weighted by Gasteiger charge is -2.32. The first-order valence-corrected chi connectivity index (χ1v) is 5.97. The van der Waals surface area contributed by atoms with Crippen LogP contribution in [0.2, 0.25) is 0 Å². The minimum atomic E-state index is 0.211. The second-order valence-electron chi connectivity index (χ2n) is 3.99. The average molecular weight is 232 g/mol. The molecule has 0 spiro atoms. The van der Waals surface area contributed by atoms with Crippen molar-refractivity contribution >= 4 is 0 Å². The highest BCUT2D eigenvalue weighted by Crippen LogP contribution is 2.04. The first-order chi connectivity index (χ1) is 7.86. The van der Waals surface area contributed by atoms with Crippen molar-refractivity contribution in [3.63, 3.8) is 0 Å². The number of methoxy groups -OCH3 is 1. The summed E-state index contributed by atoms with van der Waals surface area (Å²) in [6.45, 7) is 6.59. The van der Waals surface area contributed by atoms with Gasteiger partial charge in [0.25, 0.3) is 0 Å². The Morgan fingerprint density at radius 1 is 1.38 bits per heavy atom. The molecule has 0 aromatic heterocycles. The van der Waals surface area contributed by atoms with Gasteiger partial charge in [0.2, 0.25) is 0 Å². The van der Waals surface area contributed by atoms with Gasteiger partial charge in [0, 0.05) is 39.9 Å². The number of hydrogen-bond acceptors (Lipinski definition) is 5. The summed E-state index contributed by atoms with van der Waals surface area (Å²) >= 11 is 0. The molecule has 0 radical (unpaired) electrons. The highest BCUT2D eigenvalue weighted by atomic mass is 16.5. The molecule has 0 amide bonds. The van der Waals surface area contributed by atoms with Crippen LogP contribution in [0.5, 0.6) is 0 Å². The van der Waals surface area contributed by atoms with Gasteiger partial charge in [-0.1, -0.05) is 0 Å². The second kappa shape index (κ2) is 8.90. The van der Waals surface area contributed by atoms with Crippen LogP contribution in [-0.2, 0) is 14.2 Å². The van der Waals surface area contributed by atoms with Crippen molar-refractivity contribution in [3.05, 3.63) is 0 Å². The van der Waals surface area contributed by atoms with Crippen molar-refractivity contribution in [1.29, 1.82) is 0 Å². The molecule has 0 saturated carbocycles. The first-order valence-electron chi connectivity index (χ1n) is 5.97. The standard InChI is InChI=1S/C11H24N2O3/c1-14-7-8-15-5-2-3-13-4-6-16-11(9-12)10-13/h11H,2-10,12H2,1H3. The van der Waals surface area contributed by atoms with Crippen molar-refractivity contribution < 1.29 is 14.2 Å². The largest absolute Gasteiger partial charge is 0.382 e. The van der Waals surface area contributed by atoms with Gasteiger partial charge in [-0.05, 0) is 6.42 Å². The van der Waals surface area contributed by atoms with E-state index in [2.05, 4.69) is 4.90 Å². The molecule has 5 heteroatoms. The first kappa shape index (κ1) is 13.9. The molecule has 0 aromatic rings. The van der Waals surface area contributed by atoms with E-state index in [1.807, 2.05) is 0 Å². The third-order valence-electron chi connectivity index (χ3n) is 2.68. The van der Waals surface area contributed by atoms with Crippen LogP contribution >= 0.6 is 0 Å². The van der Waals surface area contributed by atoms with E-state index in [9.17, 15) is 0 Å². The Labute approximate surface area is 97.8 Å². The molecule has 1 aliphatic rings. The van der Waals surface area contributed by atoms with E-state index in [0.717, 1.165) is 39.3 Å². The van der Waals surface area contributed by atoms with Crippen LogP contribution in [-0.4, -0.2) is 70.7 Å². The molecule has 2 N–H and O–H groups in total. The van der Waals surface area contributed by atoms with Gasteiger partial charge in [-0.15, -0.1) is 0 Å². The quantitative estimate of drug-likeness (QED) is 0.582. The smallest absolute Gasteiger partial charge is 0.0824 e. The average Bonchev–Trinajstić information content (AvgIpc) is 2.34. The predicted molar refractivity (Wildman–Crippen MR) is 62.5 cm³/mol. The zero-order chi connectivity index (χ0) is 11.6. The van der Waals surface area contributed by atoms with Gasteiger partial charge >= 0.3 is 0 Å². The Morgan fingerprint density at radius 2 is 2.25 bits per heavy atom. The fourth-order valence-electron chi connectivity index (χ4n) is 1.76. The molecule has 1 atom stereocenters. The molecular formula is C11H24N2O3. The van der Waals surface area contributed by atoms with Gasteiger partial charge < -0.3 is 19.9 Å². The van der Waals surface area contributed by atoms with Crippen LogP contribution in [0.25, 0.3) is 0 Å². The molecule has 0 aliphatic carbocycles. The molecule has 1 rings (SSSR count). The lowest BCUT2D eigenvalue weighted by molar-refractivity contribution is -0.0261. The van der Waals surface area contributed by atoms with Gasteiger partial charge in [-0.3, -0.25) is 4.90 Å². The Morgan fingerprint density at radius 3 is 3.00 bits per heavy atom. The van der Waals surface area contributed by atoms with Gasteiger partial charge in [-0.25, -0.2) is 0 Å². The maximum Gasteiger partial charge on any atom is 0.0824 e. The molecule has 0 bridgehead atoms. The Bertz CT molecular complexity index is 169. The monoisotopic (exact) mass is 232 g/mol. The van der Waals surface area contributed by atoms with E-state index in [1.165, 1.54) is 0 Å². The molecule has 1 unspecified atom stereocenters. The van der Waals surface area contributed by atoms with Crippen molar-refractivity contribution in [3.8, 4) is 0 Å². The molecule has 0 aromatic carbocycles. The molecule has 16 heavy (non-hydrogen) atoms. The topological polar surface area (TPSA) is 57.0 Å². The van der Waals surface area contributed by atoms with E-state index in [1.54, 1.807) is 7.11 Å². The SMILES string of the molecule is COCCOCCCN1CCOC(CN)C1. The fourth-order valence-corrected chi connectivity index (χ4v) is 1.76. The molecule has 1 aliphatic heterocycles. The van der Waals surface area contributed by atoms with E-state index in [4.69, 9.17) is 19.9 Å². The lowest BCUT2D eigenvalue weighted by Crippen LogP contribution is -2.45. The third kappa shape index (κ3) is 5.77. The highest BCUT2D eigenvalue weighted by Gasteiger charge is 2.18. The second-order valence-corrected chi connectivity index (χ2v) is 3.99. The minimum absolute atomic E-state index is 0.211. The summed E-state index contributed by atoms with van der Waals surface area (Å²) in [7, 11) is 1.68. The zero-order valence-electron chi connectivity index (χ0n) is 10.2. The van der Waals surface area contributed by atoms with Crippen LogP contribution in [0.4, 0.5) is 0 Å². The molecule has 1 heterocycles. The molecule has 5 nitrogen and oxygen atoms in total. The number of nitrogens with zero attached hydrogens (tertiary/aromatic N) is 1. The van der Waals surface area contributed by atoms with Gasteiger partial charge in [-0.2, -0.15) is 0 Å². The van der Waals surface area contributed by atoms with Crippen molar-refractivity contribution in [1.82, 2.24) is 4.90 Å². The number of morpholine rings is 1. The van der Waals surface area contributed by atoms with Crippen LogP contribution in [0, 0.1) is 0 Å². The van der Waals surface area contributed by atoms with Gasteiger partial charge in [0.05, 0.1) is 25.9 Å². The van der Waals surface area contributed by atoms with E-state index >= 15 is 0 Å². The highest BCUT2D eigenvalue weighted by molar-refractivity contribution is 4.71. The van der Waals surface area contributed by atoms with E-state index in [-0.39, 0.29) is 6.10 Å². The fraction of sp³-hybridized carbons (Fsp3) is 1.00. The number of nitrogens with two attached hydrogens (primary N) is 1. The summed E-state index contributed by atoms with van der Waals surface area (Å²) in [6, 6.07) is 0. The van der Waals surface area contributed by atoms with E-state index < -0.39 is 0 Å². The Hall–Kier alpha value is -0.200. The maximum atomic E-state index is 5.58. The van der Waals surface area contributed by atoms with Crippen LogP contribution in [0.3, 0.4) is 0 Å². The normalized spacial score (nSPS) is 22.5. The van der Waals surface area contributed by atoms with Gasteiger partial charge in [0.15, 0.2) is 0 Å². The molecule has 1 saturated heterocycles. The minimum Gasteiger partial charge on any atom is -0.382 e. The summed E-state index contributed by atoms with van der Waals surface area (Å²) in [6.07, 6.45) is 1.27. The Kier molecular flexibility index (Phi) is 7.71. The lowest BCUT2D eigenvalue weighted by atomic mass is 10.2. The van der Waals surface area contributed by atoms with Crippen molar-refractivity contribution in [2.45, 2.75) is 12.5 Å². The molecule has 96 valence electrons. The van der Waals surface area contributed by atoms with Crippen LogP contribution in [0.1, 0.15) is 6.42 Å². The predicted octanol–water partition coefficient (Wildman–Crippen LogP) is -0.301. The van der Waals surface area contributed by atoms with Crippen LogP contribution in [0.15, 0.2) is 0 Å². The molecule has 1 fully saturated rings. The van der Waals surface area contributed by atoms with Crippen LogP contribution < -0.4 is 5.73 Å². The summed E-state index contributed by atoms with van der Waals surface area (Å²) < 4.78 is 15.8. The number of ether oxygens (including phenoxy) is 3. The third-order valence-corrected chi connectivity index (χ3v) is 2.68. The number of hydrogen-bond donors (Lipinski definition) is 1. The summed E-state index contributed by atoms with van der Waals surface area (Å²) in [5.41, 5.74) is 5.58. The summed E-state index contributed by atoms with van der Waals surface area (Å²) in [5.74, 6) is 0.